The first-order chi connectivity index (χ1) is 12.6. The number of alkyl halides is 3. The van der Waals surface area contributed by atoms with Crippen LogP contribution >= 0.6 is 15.9 Å². The highest BCUT2D eigenvalue weighted by atomic mass is 79.9. The van der Waals surface area contributed by atoms with Gasteiger partial charge in [0.05, 0.1) is 16.6 Å². The number of fused-ring (bicyclic) bond motifs is 1. The summed E-state index contributed by atoms with van der Waals surface area (Å²) in [6.45, 7) is -0.499. The Morgan fingerprint density at radius 2 is 1.81 bits per heavy atom. The second-order valence-corrected chi connectivity index (χ2v) is 6.66. The molecule has 5 nitrogen and oxygen atoms in total. The van der Waals surface area contributed by atoms with E-state index < -0.39 is 35.7 Å². The number of rotatable bonds is 3. The third-order valence-electron chi connectivity index (χ3n) is 3.94. The molecule has 0 atom stereocenters. The molecule has 3 aromatic rings. The molecule has 0 radical (unpaired) electrons. The zero-order valence-electron chi connectivity index (χ0n) is 13.8. The van der Waals surface area contributed by atoms with Gasteiger partial charge in [-0.15, -0.1) is 0 Å². The van der Waals surface area contributed by atoms with E-state index >= 15 is 0 Å². The standard InChI is InChI=1S/C17H12BrF4N3O2/c1-24-15-12(18)6-9(17(20,21)22)7-13(15)25(16(24)27)8-14(26)23-11-4-2-10(19)3-5-11/h2-7H,8H2,1H3,(H,23,26). The van der Waals surface area contributed by atoms with Crippen molar-refractivity contribution < 1.29 is 22.4 Å². The van der Waals surface area contributed by atoms with Gasteiger partial charge in [0.2, 0.25) is 5.91 Å². The fourth-order valence-corrected chi connectivity index (χ4v) is 3.41. The lowest BCUT2D eigenvalue weighted by Gasteiger charge is -2.10. The average molecular weight is 446 g/mol. The molecular formula is C17H12BrF4N3O2. The maximum atomic E-state index is 13.1. The van der Waals surface area contributed by atoms with Gasteiger partial charge in [0, 0.05) is 17.2 Å². The number of halogens is 5. The lowest BCUT2D eigenvalue weighted by molar-refractivity contribution is -0.137. The van der Waals surface area contributed by atoms with Gasteiger partial charge < -0.3 is 5.32 Å². The minimum absolute atomic E-state index is 0.0292. The minimum Gasteiger partial charge on any atom is -0.325 e. The smallest absolute Gasteiger partial charge is 0.325 e. The number of imidazole rings is 1. The van der Waals surface area contributed by atoms with E-state index in [2.05, 4.69) is 21.2 Å². The Balaban J connectivity index is 2.01. The van der Waals surface area contributed by atoms with Crippen molar-refractivity contribution in [2.24, 2.45) is 7.05 Å². The third kappa shape index (κ3) is 3.75. The largest absolute Gasteiger partial charge is 0.416 e. The van der Waals surface area contributed by atoms with E-state index in [4.69, 9.17) is 0 Å². The average Bonchev–Trinajstić information content (AvgIpc) is 2.81. The van der Waals surface area contributed by atoms with Crippen LogP contribution in [0.2, 0.25) is 0 Å². The number of hydrogen-bond acceptors (Lipinski definition) is 2. The summed E-state index contributed by atoms with van der Waals surface area (Å²) in [5, 5.41) is 2.47. The summed E-state index contributed by atoms with van der Waals surface area (Å²) in [7, 11) is 1.40. The van der Waals surface area contributed by atoms with Gasteiger partial charge in [-0.05, 0) is 52.3 Å². The zero-order valence-corrected chi connectivity index (χ0v) is 15.4. The summed E-state index contributed by atoms with van der Waals surface area (Å²) in [6.07, 6.45) is -4.61. The summed E-state index contributed by atoms with van der Waals surface area (Å²) in [4.78, 5) is 24.7. The van der Waals surface area contributed by atoms with Crippen molar-refractivity contribution in [3.8, 4) is 0 Å². The van der Waals surface area contributed by atoms with Gasteiger partial charge >= 0.3 is 11.9 Å². The van der Waals surface area contributed by atoms with Crippen LogP contribution in [0.25, 0.3) is 11.0 Å². The molecule has 0 bridgehead atoms. The molecule has 0 aliphatic heterocycles. The Bertz CT molecular complexity index is 1080. The fourth-order valence-electron chi connectivity index (χ4n) is 2.70. The molecule has 1 heterocycles. The normalized spacial score (nSPS) is 11.8. The predicted molar refractivity (Wildman–Crippen MR) is 94.9 cm³/mol. The van der Waals surface area contributed by atoms with Gasteiger partial charge in [0.1, 0.15) is 12.4 Å². The van der Waals surface area contributed by atoms with Crippen LogP contribution in [0.4, 0.5) is 23.2 Å². The second-order valence-electron chi connectivity index (χ2n) is 5.81. The zero-order chi connectivity index (χ0) is 19.9. The highest BCUT2D eigenvalue weighted by molar-refractivity contribution is 9.10. The van der Waals surface area contributed by atoms with Gasteiger partial charge in [-0.1, -0.05) is 0 Å². The minimum atomic E-state index is -4.61. The van der Waals surface area contributed by atoms with E-state index in [0.29, 0.717) is 5.69 Å². The first kappa shape index (κ1) is 19.2. The van der Waals surface area contributed by atoms with Crippen LogP contribution < -0.4 is 11.0 Å². The van der Waals surface area contributed by atoms with Gasteiger partial charge in [-0.2, -0.15) is 13.2 Å². The van der Waals surface area contributed by atoms with Crippen LogP contribution in [0.15, 0.2) is 45.7 Å². The predicted octanol–water partition coefficient (Wildman–Crippen LogP) is 3.90. The van der Waals surface area contributed by atoms with Crippen molar-refractivity contribution in [2.45, 2.75) is 12.7 Å². The molecule has 2 aromatic carbocycles. The molecule has 3 rings (SSSR count). The number of carbonyl (C=O) groups excluding carboxylic acids is 1. The van der Waals surface area contributed by atoms with Crippen LogP contribution in [-0.2, 0) is 24.6 Å². The summed E-state index contributed by atoms with van der Waals surface area (Å²) in [6, 6.07) is 6.66. The number of hydrogen-bond donors (Lipinski definition) is 1. The van der Waals surface area contributed by atoms with Gasteiger partial charge in [0.25, 0.3) is 0 Å². The van der Waals surface area contributed by atoms with Crippen molar-refractivity contribution in [2.75, 3.05) is 5.32 Å². The van der Waals surface area contributed by atoms with Crippen molar-refractivity contribution in [3.63, 3.8) is 0 Å². The van der Waals surface area contributed by atoms with E-state index in [0.717, 1.165) is 33.4 Å². The molecule has 0 saturated carbocycles. The van der Waals surface area contributed by atoms with Crippen molar-refractivity contribution >= 4 is 38.6 Å². The molecular weight excluding hydrogens is 434 g/mol. The molecule has 1 amide bonds. The van der Waals surface area contributed by atoms with E-state index in [-0.39, 0.29) is 15.5 Å². The SMILES string of the molecule is Cn1c(=O)n(CC(=O)Nc2ccc(F)cc2)c2cc(C(F)(F)F)cc(Br)c21. The highest BCUT2D eigenvalue weighted by Crippen LogP contribution is 2.35. The highest BCUT2D eigenvalue weighted by Gasteiger charge is 2.32. The van der Waals surface area contributed by atoms with Crippen LogP contribution in [0.3, 0.4) is 0 Å². The topological polar surface area (TPSA) is 56.0 Å². The first-order valence-corrected chi connectivity index (χ1v) is 8.38. The molecule has 0 spiro atoms. The number of nitrogens with one attached hydrogen (secondary N) is 1. The first-order valence-electron chi connectivity index (χ1n) is 7.59. The quantitative estimate of drug-likeness (QED) is 0.621. The Morgan fingerprint density at radius 1 is 1.19 bits per heavy atom. The van der Waals surface area contributed by atoms with Gasteiger partial charge in [-0.3, -0.25) is 13.9 Å². The van der Waals surface area contributed by atoms with E-state index in [1.165, 1.54) is 19.2 Å². The summed E-state index contributed by atoms with van der Waals surface area (Å²) in [5.41, 5.74) is -1.08. The Kier molecular flexibility index (Phi) is 4.85. The second kappa shape index (κ2) is 6.84. The number of anilines is 1. The molecule has 0 aliphatic carbocycles. The molecule has 0 saturated heterocycles. The number of benzene rings is 2. The molecule has 1 N–H and O–H groups in total. The lowest BCUT2D eigenvalue weighted by Crippen LogP contribution is -2.28. The molecule has 1 aromatic heterocycles. The monoisotopic (exact) mass is 445 g/mol. The third-order valence-corrected chi connectivity index (χ3v) is 4.55. The molecule has 27 heavy (non-hydrogen) atoms. The maximum Gasteiger partial charge on any atom is 0.416 e. The van der Waals surface area contributed by atoms with Crippen molar-refractivity contribution in [3.05, 3.63) is 62.7 Å². The Labute approximate surface area is 158 Å². The van der Waals surface area contributed by atoms with E-state index in [1.54, 1.807) is 0 Å². The number of nitrogens with zero attached hydrogens (tertiary/aromatic N) is 2. The molecule has 0 fully saturated rings. The van der Waals surface area contributed by atoms with E-state index in [9.17, 15) is 27.2 Å². The fraction of sp³-hybridized carbons (Fsp3) is 0.176. The van der Waals surface area contributed by atoms with Crippen LogP contribution in [0.5, 0.6) is 0 Å². The Hall–Kier alpha value is -2.62. The van der Waals surface area contributed by atoms with Crippen LogP contribution in [-0.4, -0.2) is 15.0 Å². The van der Waals surface area contributed by atoms with Crippen LogP contribution in [0.1, 0.15) is 5.56 Å². The number of aryl methyl sites for hydroxylation is 1. The summed E-state index contributed by atoms with van der Waals surface area (Å²) >= 11 is 3.06. The number of aromatic nitrogens is 2. The molecule has 0 unspecified atom stereocenters. The summed E-state index contributed by atoms with van der Waals surface area (Å²) in [5.74, 6) is -1.12. The molecule has 0 aliphatic rings. The molecule has 10 heteroatoms. The van der Waals surface area contributed by atoms with Gasteiger partial charge in [0.15, 0.2) is 0 Å². The summed E-state index contributed by atoms with van der Waals surface area (Å²) < 4.78 is 54.4. The van der Waals surface area contributed by atoms with E-state index in [1.807, 2.05) is 0 Å². The van der Waals surface area contributed by atoms with Gasteiger partial charge in [-0.25, -0.2) is 9.18 Å². The molecule has 142 valence electrons. The number of amides is 1. The Morgan fingerprint density at radius 3 is 2.41 bits per heavy atom. The van der Waals surface area contributed by atoms with Crippen molar-refractivity contribution in [1.82, 2.24) is 9.13 Å². The maximum absolute atomic E-state index is 13.1. The van der Waals surface area contributed by atoms with Crippen molar-refractivity contribution in [1.29, 1.82) is 0 Å². The lowest BCUT2D eigenvalue weighted by atomic mass is 10.2. The van der Waals surface area contributed by atoms with Crippen LogP contribution in [0, 0.1) is 5.82 Å². The number of carbonyl (C=O) groups is 1.